The molecule has 0 atom stereocenters. The summed E-state index contributed by atoms with van der Waals surface area (Å²) in [5.74, 6) is 0. The molecule has 12 heavy (non-hydrogen) atoms. The first kappa shape index (κ1) is 9.98. The summed E-state index contributed by atoms with van der Waals surface area (Å²) in [6.07, 6.45) is 1.16. The van der Waals surface area contributed by atoms with Crippen LogP contribution in [0.25, 0.3) is 0 Å². The molecule has 0 aliphatic rings. The summed E-state index contributed by atoms with van der Waals surface area (Å²) in [7, 11) is -3.14. The Morgan fingerprint density at radius 2 is 2.00 bits per heavy atom. The average Bonchev–Trinajstić information content (AvgIpc) is 1.92. The van der Waals surface area contributed by atoms with E-state index in [9.17, 15) is 8.42 Å². The van der Waals surface area contributed by atoms with Crippen LogP contribution < -0.4 is 3.58 Å². The maximum atomic E-state index is 11.0. The number of aromatic nitrogens is 1. The molecule has 3 nitrogen and oxygen atoms in total. The van der Waals surface area contributed by atoms with E-state index in [1.165, 1.54) is 22.5 Å². The molecule has 1 heterocycles. The van der Waals surface area contributed by atoms with Crippen molar-refractivity contribution in [3.8, 4) is 0 Å². The van der Waals surface area contributed by atoms with Crippen LogP contribution in [0.2, 0.25) is 0 Å². The van der Waals surface area contributed by atoms with Crippen molar-refractivity contribution in [2.24, 2.45) is 0 Å². The van der Waals surface area contributed by atoms with Crippen LogP contribution >= 0.6 is 0 Å². The molecule has 1 aromatic rings. The molecule has 0 unspecified atom stereocenters. The van der Waals surface area contributed by atoms with Crippen molar-refractivity contribution < 1.29 is 8.42 Å². The minimum absolute atomic E-state index is 0.158. The van der Waals surface area contributed by atoms with Gasteiger partial charge in [-0.2, -0.15) is 0 Å². The van der Waals surface area contributed by atoms with Gasteiger partial charge in [-0.1, -0.05) is 0 Å². The van der Waals surface area contributed by atoms with Gasteiger partial charge in [0.25, 0.3) is 0 Å². The molecule has 0 aliphatic carbocycles. The molecule has 1 rings (SSSR count). The van der Waals surface area contributed by atoms with E-state index in [4.69, 9.17) is 0 Å². The Hall–Kier alpha value is -0.101. The molecule has 1 aromatic heterocycles. The molecule has 3 radical (unpaired) electrons. The van der Waals surface area contributed by atoms with Gasteiger partial charge in [0.05, 0.1) is 0 Å². The maximum absolute atomic E-state index is 11.0. The third kappa shape index (κ3) is 2.19. The van der Waals surface area contributed by atoms with Gasteiger partial charge in [-0.05, 0) is 0 Å². The summed E-state index contributed by atoms with van der Waals surface area (Å²) < 4.78 is 23.2. The zero-order valence-corrected chi connectivity index (χ0v) is 10.5. The molecule has 0 fully saturated rings. The third-order valence-corrected chi connectivity index (χ3v) is 3.94. The molecule has 0 N–H and O–H groups in total. The third-order valence-electron chi connectivity index (χ3n) is 1.44. The summed E-state index contributed by atoms with van der Waals surface area (Å²) in [5.41, 5.74) is 0.802. The van der Waals surface area contributed by atoms with E-state index in [1.54, 1.807) is 12.1 Å². The first-order valence-electron chi connectivity index (χ1n) is 3.30. The number of hydrogen-bond acceptors (Lipinski definition) is 3. The second-order valence-corrected chi connectivity index (χ2v) is 6.05. The van der Waals surface area contributed by atoms with Gasteiger partial charge in [-0.25, -0.2) is 0 Å². The predicted octanol–water partition coefficient (Wildman–Crippen LogP) is -0.413. The van der Waals surface area contributed by atoms with Crippen molar-refractivity contribution in [2.45, 2.75) is 11.9 Å². The zero-order chi connectivity index (χ0) is 9.35. The number of pyridine rings is 1. The van der Waals surface area contributed by atoms with Crippen molar-refractivity contribution in [2.75, 3.05) is 6.26 Å². The van der Waals surface area contributed by atoms with E-state index in [2.05, 4.69) is 4.98 Å². The van der Waals surface area contributed by atoms with Gasteiger partial charge in [-0.15, -0.1) is 0 Å². The fraction of sp³-hybridized carbons (Fsp3) is 0.286. The molecule has 0 bridgehead atoms. The number of hydrogen-bond donors (Lipinski definition) is 0. The Bertz CT molecular complexity index is 400. The van der Waals surface area contributed by atoms with Crippen molar-refractivity contribution in [1.29, 1.82) is 0 Å². The van der Waals surface area contributed by atoms with Crippen LogP contribution in [-0.4, -0.2) is 42.2 Å². The molecule has 0 saturated heterocycles. The molecular weight excluding hydrogens is 281 g/mol. The van der Waals surface area contributed by atoms with Crippen LogP contribution in [-0.2, 0) is 9.84 Å². The number of aryl methyl sites for hydroxylation is 1. The normalized spacial score (nSPS) is 11.6. The quantitative estimate of drug-likeness (QED) is 0.660. The van der Waals surface area contributed by atoms with E-state index in [1.807, 2.05) is 6.92 Å². The van der Waals surface area contributed by atoms with Gasteiger partial charge in [0, 0.05) is 0 Å². The van der Waals surface area contributed by atoms with Crippen LogP contribution in [0.1, 0.15) is 5.69 Å². The fourth-order valence-electron chi connectivity index (χ4n) is 0.745. The van der Waals surface area contributed by atoms with Crippen molar-refractivity contribution >= 4 is 35.9 Å². The van der Waals surface area contributed by atoms with Crippen LogP contribution in [0, 0.1) is 6.92 Å². The molecular formula is C7H8NO2SSn. The van der Waals surface area contributed by atoms with Gasteiger partial charge in [-0.3, -0.25) is 0 Å². The predicted molar refractivity (Wildman–Crippen MR) is 47.5 cm³/mol. The molecule has 5 heteroatoms. The van der Waals surface area contributed by atoms with E-state index >= 15 is 0 Å². The van der Waals surface area contributed by atoms with Crippen LogP contribution in [0.3, 0.4) is 0 Å². The number of rotatable bonds is 1. The van der Waals surface area contributed by atoms with Gasteiger partial charge < -0.3 is 0 Å². The molecule has 0 spiro atoms. The SMILES string of the molecule is Cc1nc(S(C)(=O)=O)cc[c]1[Sn]. The first-order valence-corrected chi connectivity index (χ1v) is 6.62. The topological polar surface area (TPSA) is 47.0 Å². The molecule has 0 saturated carbocycles. The Balaban J connectivity index is 3.33. The Kier molecular flexibility index (Phi) is 2.77. The van der Waals surface area contributed by atoms with Gasteiger partial charge in [0.15, 0.2) is 0 Å². The van der Waals surface area contributed by atoms with Gasteiger partial charge >= 0.3 is 85.4 Å². The van der Waals surface area contributed by atoms with E-state index in [0.717, 1.165) is 15.5 Å². The Morgan fingerprint density at radius 1 is 1.42 bits per heavy atom. The molecule has 0 aromatic carbocycles. The zero-order valence-electron chi connectivity index (χ0n) is 6.83. The Labute approximate surface area is 85.2 Å². The van der Waals surface area contributed by atoms with Crippen molar-refractivity contribution in [3.05, 3.63) is 17.8 Å². The average molecular weight is 289 g/mol. The molecule has 63 valence electrons. The second-order valence-electron chi connectivity index (χ2n) is 2.55. The summed E-state index contributed by atoms with van der Waals surface area (Å²) in [6.45, 7) is 1.82. The summed E-state index contributed by atoms with van der Waals surface area (Å²) in [4.78, 5) is 3.98. The van der Waals surface area contributed by atoms with Crippen LogP contribution in [0.5, 0.6) is 0 Å². The molecule has 0 amide bonds. The first-order chi connectivity index (χ1) is 5.41. The van der Waals surface area contributed by atoms with E-state index < -0.39 is 9.84 Å². The fourth-order valence-corrected chi connectivity index (χ4v) is 1.76. The second kappa shape index (κ2) is 3.33. The van der Waals surface area contributed by atoms with Crippen molar-refractivity contribution in [1.82, 2.24) is 4.98 Å². The number of sulfone groups is 1. The summed E-state index contributed by atoms with van der Waals surface area (Å²) >= 11 is 1.25. The van der Waals surface area contributed by atoms with E-state index in [-0.39, 0.29) is 5.03 Å². The summed E-state index contributed by atoms with van der Waals surface area (Å²) in [6, 6.07) is 3.35. The van der Waals surface area contributed by atoms with Crippen LogP contribution in [0.15, 0.2) is 17.2 Å². The van der Waals surface area contributed by atoms with Gasteiger partial charge in [0.1, 0.15) is 0 Å². The Morgan fingerprint density at radius 3 is 2.42 bits per heavy atom. The van der Waals surface area contributed by atoms with Gasteiger partial charge in [0.2, 0.25) is 0 Å². The molecule has 0 aliphatic heterocycles. The number of nitrogens with zero attached hydrogens (tertiary/aromatic N) is 1. The van der Waals surface area contributed by atoms with E-state index in [0.29, 0.717) is 0 Å². The van der Waals surface area contributed by atoms with Crippen molar-refractivity contribution in [3.63, 3.8) is 0 Å². The summed E-state index contributed by atoms with van der Waals surface area (Å²) in [5, 5.41) is 0.158. The minimum atomic E-state index is -3.14. The van der Waals surface area contributed by atoms with Crippen LogP contribution in [0.4, 0.5) is 0 Å². The standard InChI is InChI=1S/C7H8NO2S.Sn/c1-6-4-3-5-7(8-6)11(2,9)10;/h3,5H,1-2H3;. The monoisotopic (exact) mass is 290 g/mol.